The molecule has 0 aromatic heterocycles. The molecule has 0 nitrogen and oxygen atoms in total. The van der Waals surface area contributed by atoms with Crippen LogP contribution in [0, 0.1) is 0 Å². The van der Waals surface area contributed by atoms with E-state index in [2.05, 4.69) is 55.1 Å². The Morgan fingerprint density at radius 2 is 0.582 bits per heavy atom. The van der Waals surface area contributed by atoms with E-state index in [0.717, 1.165) is 32.9 Å². The Kier molecular flexibility index (Phi) is 10.2. The molecule has 0 fully saturated rings. The van der Waals surface area contributed by atoms with Crippen LogP contribution < -0.4 is 41.5 Å². The highest BCUT2D eigenvalue weighted by molar-refractivity contribution is 7.63. The molecule has 0 aliphatic rings. The van der Waals surface area contributed by atoms with Gasteiger partial charge in [0, 0.05) is 0 Å². The molecule has 55 heavy (non-hydrogen) atoms. The number of alkyl halides is 6. The number of benzene rings is 7. The van der Waals surface area contributed by atoms with Gasteiger partial charge in [0.2, 0.25) is 0 Å². The van der Waals surface area contributed by atoms with Crippen LogP contribution in [-0.4, -0.2) is 23.3 Å². The van der Waals surface area contributed by atoms with E-state index in [1.165, 1.54) is 34.6 Å². The van der Waals surface area contributed by atoms with Crippen LogP contribution in [0.3, 0.4) is 0 Å². The van der Waals surface area contributed by atoms with Crippen LogP contribution in [0.5, 0.6) is 0 Å². The van der Waals surface area contributed by atoms with Crippen molar-refractivity contribution in [2.75, 3.05) is 0 Å². The van der Waals surface area contributed by atoms with E-state index >= 15 is 0 Å². The fourth-order valence-corrected chi connectivity index (χ4v) is 30.0. The summed E-state index contributed by atoms with van der Waals surface area (Å²) in [5.74, 6) is 0. The third kappa shape index (κ3) is 6.74. The summed E-state index contributed by atoms with van der Waals surface area (Å²) in [4.78, 5) is 0. The first kappa shape index (κ1) is 38.1. The van der Waals surface area contributed by atoms with Gasteiger partial charge in [-0.2, -0.15) is 26.3 Å². The molecule has 0 aliphatic heterocycles. The number of hydrogen-bond acceptors (Lipinski definition) is 0. The number of hydrogen-bond donors (Lipinski definition) is 0. The maximum absolute atomic E-state index is 14.6. The van der Waals surface area contributed by atoms with Crippen molar-refractivity contribution >= 4 is 64.8 Å². The van der Waals surface area contributed by atoms with Gasteiger partial charge >= 0.3 is 12.4 Å². The maximum Gasteiger partial charge on any atom is 0.416 e. The van der Waals surface area contributed by atoms with Crippen molar-refractivity contribution < 1.29 is 26.3 Å². The van der Waals surface area contributed by atoms with Crippen LogP contribution in [0.15, 0.2) is 194 Å². The summed E-state index contributed by atoms with van der Waals surface area (Å²) in [5.41, 5.74) is -1.66. The minimum atomic E-state index is -4.66. The molecular weight excluding hydrogens is 751 g/mol. The van der Waals surface area contributed by atoms with E-state index in [1.807, 2.05) is 104 Å². The monoisotopic (exact) mass is 788 g/mol. The molecule has 0 N–H and O–H groups in total. The Balaban J connectivity index is 1.61. The van der Waals surface area contributed by atoms with Gasteiger partial charge in [-0.3, -0.25) is 0 Å². The highest BCUT2D eigenvalue weighted by Crippen LogP contribution is 2.32. The summed E-state index contributed by atoms with van der Waals surface area (Å²) in [6.45, 7) is 4.29. The lowest BCUT2D eigenvalue weighted by atomic mass is 10.2. The molecule has 0 atom stereocenters. The summed E-state index contributed by atoms with van der Waals surface area (Å²) < 4.78 is 87.4. The van der Waals surface area contributed by atoms with Crippen LogP contribution in [0.4, 0.5) is 26.3 Å². The van der Waals surface area contributed by atoms with Gasteiger partial charge in [0.15, 0.2) is 0 Å². The second-order valence-corrected chi connectivity index (χ2v) is 30.1. The smallest absolute Gasteiger partial charge is 0.166 e. The Bertz CT molecular complexity index is 2230. The topological polar surface area (TPSA) is 0 Å². The van der Waals surface area contributed by atoms with Crippen LogP contribution >= 0.6 is 0 Å². The first-order chi connectivity index (χ1) is 26.3. The van der Waals surface area contributed by atoms with Crippen LogP contribution in [0.25, 0.3) is 0 Å². The molecule has 7 aromatic carbocycles. The molecule has 276 valence electrons. The van der Waals surface area contributed by atoms with Crippen LogP contribution in [0.2, 0.25) is 13.1 Å². The summed E-state index contributed by atoms with van der Waals surface area (Å²) >= 11 is 0. The Morgan fingerprint density at radius 1 is 0.309 bits per heavy atom. The maximum atomic E-state index is 14.6. The average molecular weight is 789 g/mol. The lowest BCUT2D eigenvalue weighted by molar-refractivity contribution is -0.138. The summed E-state index contributed by atoms with van der Waals surface area (Å²) in [7, 11) is -9.98. The van der Waals surface area contributed by atoms with E-state index in [1.54, 1.807) is 12.1 Å². The first-order valence-electron chi connectivity index (χ1n) is 18.0. The third-order valence-corrected chi connectivity index (χ3v) is 32.6. The summed E-state index contributed by atoms with van der Waals surface area (Å²) in [6, 6.07) is 59.4. The minimum Gasteiger partial charge on any atom is -0.166 e. The Labute approximate surface area is 320 Å². The Hall–Kier alpha value is -5.23. The normalized spacial score (nSPS) is 12.7. The van der Waals surface area contributed by atoms with Gasteiger partial charge in [-0.15, -0.1) is 0 Å². The molecule has 0 saturated carbocycles. The van der Waals surface area contributed by atoms with E-state index in [0.29, 0.717) is 10.4 Å². The predicted octanol–water partition coefficient (Wildman–Crippen LogP) is 7.27. The molecule has 7 rings (SSSR count). The molecule has 0 amide bonds. The van der Waals surface area contributed by atoms with Crippen molar-refractivity contribution in [2.24, 2.45) is 0 Å². The van der Waals surface area contributed by atoms with Crippen molar-refractivity contribution in [3.8, 4) is 0 Å². The SMILES string of the molecule is C[Si](c1ccccc1)(c1ccccc1)c1ccc([Si](c2ccccc2)(c2ccccc2)[Si](C)(c2cccc(C(F)(F)F)c2)c2cccc(C(F)(F)F)c2)cc1. The van der Waals surface area contributed by atoms with Gasteiger partial charge in [-0.25, -0.2) is 0 Å². The average Bonchev–Trinajstić information content (AvgIpc) is 3.22. The fraction of sp³-hybridized carbons (Fsp3) is 0.0870. The van der Waals surface area contributed by atoms with Gasteiger partial charge in [-0.05, 0) is 15.6 Å². The first-order valence-corrected chi connectivity index (χ1v) is 26.0. The van der Waals surface area contributed by atoms with Crippen molar-refractivity contribution in [1.29, 1.82) is 0 Å². The van der Waals surface area contributed by atoms with Crippen molar-refractivity contribution in [1.82, 2.24) is 0 Å². The van der Waals surface area contributed by atoms with Crippen molar-refractivity contribution in [3.63, 3.8) is 0 Å². The highest BCUT2D eigenvalue weighted by Gasteiger charge is 2.58. The highest BCUT2D eigenvalue weighted by atomic mass is 29.3. The second-order valence-electron chi connectivity index (χ2n) is 14.2. The minimum absolute atomic E-state index is 0.415. The van der Waals surface area contributed by atoms with E-state index in [9.17, 15) is 26.3 Å². The molecule has 0 radical (unpaired) electrons. The Morgan fingerprint density at radius 3 is 0.927 bits per heavy atom. The van der Waals surface area contributed by atoms with E-state index < -0.39 is 46.7 Å². The molecular formula is C46H38F6Si3. The molecule has 0 aliphatic carbocycles. The predicted molar refractivity (Wildman–Crippen MR) is 221 cm³/mol. The zero-order valence-corrected chi connectivity index (χ0v) is 33.2. The van der Waals surface area contributed by atoms with Gasteiger partial charge < -0.3 is 0 Å². The molecule has 0 heterocycles. The third-order valence-electron chi connectivity index (χ3n) is 11.3. The molecule has 9 heteroatoms. The molecule has 0 bridgehead atoms. The summed E-state index contributed by atoms with van der Waals surface area (Å²) in [5, 5.41) is 7.13. The molecule has 7 aromatic rings. The largest absolute Gasteiger partial charge is 0.416 e. The zero-order valence-electron chi connectivity index (χ0n) is 30.2. The molecule has 0 spiro atoms. The second kappa shape index (κ2) is 14.8. The van der Waals surface area contributed by atoms with Gasteiger partial charge in [-0.1, -0.05) is 233 Å². The molecule has 0 unspecified atom stereocenters. The van der Waals surface area contributed by atoms with E-state index in [-0.39, 0.29) is 0 Å². The number of rotatable bonds is 9. The summed E-state index contributed by atoms with van der Waals surface area (Å²) in [6.07, 6.45) is -9.32. The zero-order chi connectivity index (χ0) is 38.9. The standard InChI is InChI=1S/C46H38F6Si3/c1-53(37-19-7-3-8-20-37,38-21-9-4-10-22-38)39-29-31-42(32-30-39)55(40-23-11-5-12-24-40,41-25-13-6-14-26-41)54(2,43-27-15-17-35(33-43)45(47,48)49)44-28-16-18-36(34-44)46(50,51)52/h3-34H,1-2H3. The lowest BCUT2D eigenvalue weighted by Gasteiger charge is -2.48. The van der Waals surface area contributed by atoms with Gasteiger partial charge in [0.25, 0.3) is 0 Å². The fourth-order valence-electron chi connectivity index (χ4n) is 8.45. The van der Waals surface area contributed by atoms with Crippen LogP contribution in [-0.2, 0) is 12.4 Å². The quantitative estimate of drug-likeness (QED) is 0.0822. The van der Waals surface area contributed by atoms with Gasteiger partial charge in [0.1, 0.15) is 23.3 Å². The van der Waals surface area contributed by atoms with Gasteiger partial charge in [0.05, 0.1) is 11.1 Å². The molecule has 0 saturated heterocycles. The van der Waals surface area contributed by atoms with Crippen molar-refractivity contribution in [3.05, 3.63) is 205 Å². The van der Waals surface area contributed by atoms with E-state index in [4.69, 9.17) is 0 Å². The van der Waals surface area contributed by atoms with Crippen molar-refractivity contribution in [2.45, 2.75) is 25.4 Å². The lowest BCUT2D eigenvalue weighted by Crippen LogP contribution is -2.89. The van der Waals surface area contributed by atoms with Crippen LogP contribution in [0.1, 0.15) is 11.1 Å². The number of halogens is 6.